The summed E-state index contributed by atoms with van der Waals surface area (Å²) in [6, 6.07) is 5.72. The van der Waals surface area contributed by atoms with Crippen LogP contribution in [0.15, 0.2) is 29.0 Å². The molecule has 72 valence electrons. The lowest BCUT2D eigenvalue weighted by Crippen LogP contribution is -1.93. The van der Waals surface area contributed by atoms with Crippen LogP contribution < -0.4 is 0 Å². The summed E-state index contributed by atoms with van der Waals surface area (Å²) in [5, 5.41) is 7.98. The first-order chi connectivity index (χ1) is 6.79. The van der Waals surface area contributed by atoms with Crippen molar-refractivity contribution in [2.75, 3.05) is 0 Å². The lowest BCUT2D eigenvalue weighted by molar-refractivity contribution is 0.627. The predicted molar refractivity (Wildman–Crippen MR) is 56.6 cm³/mol. The van der Waals surface area contributed by atoms with Crippen molar-refractivity contribution in [1.82, 2.24) is 20.0 Å². The fourth-order valence-electron chi connectivity index (χ4n) is 1.12. The molecule has 0 radical (unpaired) electrons. The molecule has 0 aliphatic heterocycles. The molecule has 2 heterocycles. The van der Waals surface area contributed by atoms with Crippen molar-refractivity contribution in [3.8, 4) is 11.4 Å². The molecule has 0 saturated heterocycles. The topological polar surface area (TPSA) is 43.6 Å². The molecular formula is C9H9BrN4. The van der Waals surface area contributed by atoms with Crippen molar-refractivity contribution in [2.24, 2.45) is 0 Å². The average Bonchev–Trinajstić information content (AvgIpc) is 2.66. The minimum atomic E-state index is 0.799. The van der Waals surface area contributed by atoms with E-state index in [2.05, 4.69) is 31.2 Å². The molecule has 0 bridgehead atoms. The third-order valence-corrected chi connectivity index (χ3v) is 2.28. The quantitative estimate of drug-likeness (QED) is 0.770. The summed E-state index contributed by atoms with van der Waals surface area (Å²) >= 11 is 3.32. The Kier molecular flexibility index (Phi) is 2.58. The highest BCUT2D eigenvalue weighted by molar-refractivity contribution is 9.10. The van der Waals surface area contributed by atoms with E-state index in [1.807, 2.05) is 31.3 Å². The highest BCUT2D eigenvalue weighted by Gasteiger charge is 2.04. The van der Waals surface area contributed by atoms with Gasteiger partial charge in [-0.05, 0) is 35.0 Å². The van der Waals surface area contributed by atoms with Gasteiger partial charge in [-0.2, -0.15) is 0 Å². The summed E-state index contributed by atoms with van der Waals surface area (Å²) in [5.41, 5.74) is 1.63. The molecule has 5 heteroatoms. The van der Waals surface area contributed by atoms with Gasteiger partial charge in [0.25, 0.3) is 0 Å². The van der Waals surface area contributed by atoms with Gasteiger partial charge < -0.3 is 0 Å². The van der Waals surface area contributed by atoms with E-state index < -0.39 is 0 Å². The Morgan fingerprint density at radius 2 is 2.21 bits per heavy atom. The SMILES string of the molecule is CCn1cc(-c2cccc(Br)n2)nn1. The molecule has 0 N–H and O–H groups in total. The van der Waals surface area contributed by atoms with E-state index in [4.69, 9.17) is 0 Å². The van der Waals surface area contributed by atoms with Gasteiger partial charge in [0, 0.05) is 6.54 Å². The minimum Gasteiger partial charge on any atom is -0.252 e. The first-order valence-corrected chi connectivity index (χ1v) is 5.12. The van der Waals surface area contributed by atoms with Crippen LogP contribution in [-0.2, 0) is 6.54 Å². The van der Waals surface area contributed by atoms with Gasteiger partial charge in [0.15, 0.2) is 0 Å². The Labute approximate surface area is 90.1 Å². The zero-order valence-corrected chi connectivity index (χ0v) is 9.27. The molecule has 0 aliphatic carbocycles. The Bertz CT molecular complexity index is 438. The standard InChI is InChI=1S/C9H9BrN4/c1-2-14-6-8(12-13-14)7-4-3-5-9(10)11-7/h3-6H,2H2,1H3. The van der Waals surface area contributed by atoms with Gasteiger partial charge in [-0.3, -0.25) is 4.68 Å². The van der Waals surface area contributed by atoms with E-state index in [1.165, 1.54) is 0 Å². The predicted octanol–water partition coefficient (Wildman–Crippen LogP) is 2.12. The van der Waals surface area contributed by atoms with E-state index >= 15 is 0 Å². The van der Waals surface area contributed by atoms with Gasteiger partial charge in [0.05, 0.1) is 11.9 Å². The average molecular weight is 253 g/mol. The Morgan fingerprint density at radius 1 is 1.36 bits per heavy atom. The molecule has 14 heavy (non-hydrogen) atoms. The van der Waals surface area contributed by atoms with Crippen molar-refractivity contribution in [3.63, 3.8) is 0 Å². The van der Waals surface area contributed by atoms with Crippen LogP contribution in [0.2, 0.25) is 0 Å². The van der Waals surface area contributed by atoms with Crippen molar-refractivity contribution in [3.05, 3.63) is 29.0 Å². The molecule has 0 saturated carbocycles. The highest BCUT2D eigenvalue weighted by Crippen LogP contribution is 2.15. The third-order valence-electron chi connectivity index (χ3n) is 1.84. The van der Waals surface area contributed by atoms with E-state index in [0.717, 1.165) is 22.5 Å². The maximum absolute atomic E-state index is 4.29. The number of rotatable bonds is 2. The van der Waals surface area contributed by atoms with E-state index in [0.29, 0.717) is 0 Å². The van der Waals surface area contributed by atoms with Crippen LogP contribution in [0.5, 0.6) is 0 Å². The first kappa shape index (κ1) is 9.33. The summed E-state index contributed by atoms with van der Waals surface area (Å²) in [7, 11) is 0. The van der Waals surface area contributed by atoms with Gasteiger partial charge in [0.1, 0.15) is 10.3 Å². The molecule has 0 fully saturated rings. The van der Waals surface area contributed by atoms with Gasteiger partial charge in [0.2, 0.25) is 0 Å². The second-order valence-corrected chi connectivity index (χ2v) is 3.62. The molecule has 0 aromatic carbocycles. The monoisotopic (exact) mass is 252 g/mol. The van der Waals surface area contributed by atoms with Crippen molar-refractivity contribution in [1.29, 1.82) is 0 Å². The lowest BCUT2D eigenvalue weighted by Gasteiger charge is -1.94. The van der Waals surface area contributed by atoms with Crippen LogP contribution in [0.4, 0.5) is 0 Å². The molecule has 0 spiro atoms. The molecule has 0 aliphatic rings. The molecule has 0 amide bonds. The van der Waals surface area contributed by atoms with Crippen molar-refractivity contribution in [2.45, 2.75) is 13.5 Å². The largest absolute Gasteiger partial charge is 0.252 e. The second kappa shape index (κ2) is 3.88. The van der Waals surface area contributed by atoms with Crippen LogP contribution in [0, 0.1) is 0 Å². The van der Waals surface area contributed by atoms with Gasteiger partial charge in [-0.25, -0.2) is 4.98 Å². The molecule has 0 unspecified atom stereocenters. The van der Waals surface area contributed by atoms with Gasteiger partial charge in [-0.1, -0.05) is 11.3 Å². The molecule has 4 nitrogen and oxygen atoms in total. The maximum atomic E-state index is 4.29. The minimum absolute atomic E-state index is 0.799. The van der Waals surface area contributed by atoms with Gasteiger partial charge in [-0.15, -0.1) is 5.10 Å². The maximum Gasteiger partial charge on any atom is 0.131 e. The lowest BCUT2D eigenvalue weighted by atomic mass is 10.3. The third kappa shape index (κ3) is 1.82. The Hall–Kier alpha value is -1.23. The van der Waals surface area contributed by atoms with Crippen LogP contribution in [0.25, 0.3) is 11.4 Å². The fraction of sp³-hybridized carbons (Fsp3) is 0.222. The number of nitrogens with zero attached hydrogens (tertiary/aromatic N) is 4. The number of aryl methyl sites for hydroxylation is 1. The highest BCUT2D eigenvalue weighted by atomic mass is 79.9. The van der Waals surface area contributed by atoms with Crippen LogP contribution in [0.3, 0.4) is 0 Å². The van der Waals surface area contributed by atoms with E-state index in [9.17, 15) is 0 Å². The molecule has 2 aromatic rings. The summed E-state index contributed by atoms with van der Waals surface area (Å²) in [6.07, 6.45) is 1.88. The smallest absolute Gasteiger partial charge is 0.131 e. The Morgan fingerprint density at radius 3 is 2.86 bits per heavy atom. The molecule has 2 aromatic heterocycles. The molecule has 0 atom stereocenters. The van der Waals surface area contributed by atoms with Crippen LogP contribution in [-0.4, -0.2) is 20.0 Å². The molecule has 2 rings (SSSR count). The first-order valence-electron chi connectivity index (χ1n) is 4.32. The normalized spacial score (nSPS) is 10.4. The summed E-state index contributed by atoms with van der Waals surface area (Å²) in [6.45, 7) is 2.84. The molecular weight excluding hydrogens is 244 g/mol. The van der Waals surface area contributed by atoms with Crippen LogP contribution >= 0.6 is 15.9 Å². The summed E-state index contributed by atoms with van der Waals surface area (Å²) in [5.74, 6) is 0. The Balaban J connectivity index is 2.39. The second-order valence-electron chi connectivity index (χ2n) is 2.81. The zero-order chi connectivity index (χ0) is 9.97. The number of aromatic nitrogens is 4. The van der Waals surface area contributed by atoms with E-state index in [-0.39, 0.29) is 0 Å². The zero-order valence-electron chi connectivity index (χ0n) is 7.68. The summed E-state index contributed by atoms with van der Waals surface area (Å²) < 4.78 is 2.58. The van der Waals surface area contributed by atoms with E-state index in [1.54, 1.807) is 4.68 Å². The van der Waals surface area contributed by atoms with Crippen molar-refractivity contribution >= 4 is 15.9 Å². The number of hydrogen-bond donors (Lipinski definition) is 0. The van der Waals surface area contributed by atoms with Crippen LogP contribution in [0.1, 0.15) is 6.92 Å². The van der Waals surface area contributed by atoms with Gasteiger partial charge >= 0.3 is 0 Å². The number of pyridine rings is 1. The fourth-order valence-corrected chi connectivity index (χ4v) is 1.46. The number of hydrogen-bond acceptors (Lipinski definition) is 3. The summed E-state index contributed by atoms with van der Waals surface area (Å²) in [4.78, 5) is 4.29. The van der Waals surface area contributed by atoms with Crippen molar-refractivity contribution < 1.29 is 0 Å². The number of halogens is 1.